The van der Waals surface area contributed by atoms with E-state index in [1.807, 2.05) is 6.07 Å². The van der Waals surface area contributed by atoms with E-state index >= 15 is 0 Å². The Morgan fingerprint density at radius 3 is 2.75 bits per heavy atom. The summed E-state index contributed by atoms with van der Waals surface area (Å²) >= 11 is 0. The summed E-state index contributed by atoms with van der Waals surface area (Å²) in [7, 11) is 1.62. The lowest BCUT2D eigenvalue weighted by Gasteiger charge is -2.17. The average Bonchev–Trinajstić information content (AvgIpc) is 3.29. The van der Waals surface area contributed by atoms with Gasteiger partial charge in [-0.15, -0.1) is 0 Å². The quantitative estimate of drug-likeness (QED) is 0.637. The first-order valence-corrected chi connectivity index (χ1v) is 7.26. The average molecular weight is 280 g/mol. The largest absolute Gasteiger partial charge is 0.394 e. The summed E-state index contributed by atoms with van der Waals surface area (Å²) in [5.74, 6) is 2.98. The fraction of sp³-hybridized carbons (Fsp3) is 0.714. The third-order valence-electron chi connectivity index (χ3n) is 3.18. The third-order valence-corrected chi connectivity index (χ3v) is 3.18. The van der Waals surface area contributed by atoms with Gasteiger partial charge in [-0.1, -0.05) is 6.92 Å². The summed E-state index contributed by atoms with van der Waals surface area (Å²) in [6, 6.07) is 1.74. The molecule has 0 bridgehead atoms. The second-order valence-corrected chi connectivity index (χ2v) is 5.18. The van der Waals surface area contributed by atoms with Crippen LogP contribution in [0, 0.1) is 0 Å². The summed E-state index contributed by atoms with van der Waals surface area (Å²) in [5, 5.41) is 15.8. The summed E-state index contributed by atoms with van der Waals surface area (Å²) in [6.45, 7) is 3.46. The Balaban J connectivity index is 2.10. The molecule has 1 atom stereocenters. The Morgan fingerprint density at radius 1 is 1.40 bits per heavy atom. The molecule has 0 radical (unpaired) electrons. The lowest BCUT2D eigenvalue weighted by atomic mass is 10.3. The topological polar surface area (TPSA) is 79.3 Å². The number of aromatic nitrogens is 2. The molecule has 0 saturated heterocycles. The molecule has 1 unspecified atom stereocenters. The van der Waals surface area contributed by atoms with Crippen LogP contribution in [0.4, 0.5) is 11.6 Å². The molecule has 1 heterocycles. The molecule has 1 aromatic rings. The van der Waals surface area contributed by atoms with Gasteiger partial charge in [-0.2, -0.15) is 0 Å². The second-order valence-electron chi connectivity index (χ2n) is 5.18. The Morgan fingerprint density at radius 2 is 2.15 bits per heavy atom. The molecular weight excluding hydrogens is 256 g/mol. The fourth-order valence-corrected chi connectivity index (χ4v) is 1.96. The number of hydrogen-bond donors (Lipinski definition) is 3. The van der Waals surface area contributed by atoms with Crippen molar-refractivity contribution in [3.05, 3.63) is 11.9 Å². The highest BCUT2D eigenvalue weighted by Crippen LogP contribution is 2.38. The number of nitrogens with one attached hydrogen (secondary N) is 2. The molecule has 0 aliphatic heterocycles. The summed E-state index contributed by atoms with van der Waals surface area (Å²) in [6.07, 6.45) is 3.38. The zero-order valence-electron chi connectivity index (χ0n) is 12.2. The lowest BCUT2D eigenvalue weighted by Crippen LogP contribution is -2.29. The normalized spacial score (nSPS) is 15.9. The first-order chi connectivity index (χ1) is 9.76. The monoisotopic (exact) mass is 280 g/mol. The van der Waals surface area contributed by atoms with Gasteiger partial charge in [0, 0.05) is 25.6 Å². The van der Waals surface area contributed by atoms with Crippen LogP contribution in [-0.2, 0) is 4.74 Å². The maximum absolute atomic E-state index is 9.32. The van der Waals surface area contributed by atoms with Crippen LogP contribution in [0.3, 0.4) is 0 Å². The molecule has 0 aromatic carbocycles. The summed E-state index contributed by atoms with van der Waals surface area (Å²) < 4.78 is 5.07. The van der Waals surface area contributed by atoms with Gasteiger partial charge in [-0.25, -0.2) is 9.97 Å². The highest BCUT2D eigenvalue weighted by Gasteiger charge is 2.27. The van der Waals surface area contributed by atoms with E-state index in [4.69, 9.17) is 4.74 Å². The van der Waals surface area contributed by atoms with Crippen LogP contribution in [0.5, 0.6) is 0 Å². The van der Waals surface area contributed by atoms with Gasteiger partial charge in [-0.3, -0.25) is 0 Å². The first kappa shape index (κ1) is 15.0. The minimum Gasteiger partial charge on any atom is -0.394 e. The van der Waals surface area contributed by atoms with Crippen molar-refractivity contribution in [2.45, 2.75) is 38.1 Å². The van der Waals surface area contributed by atoms with Gasteiger partial charge in [0.1, 0.15) is 17.5 Å². The van der Waals surface area contributed by atoms with Crippen LogP contribution in [0.2, 0.25) is 0 Å². The van der Waals surface area contributed by atoms with E-state index in [1.165, 1.54) is 0 Å². The standard InChI is InChI=1S/C14H24N4O2/c1-3-6-15-12-7-13(16-11(8-19)9-20-2)18-14(17-12)10-4-5-10/h7,10-11,19H,3-6,8-9H2,1-2H3,(H2,15,16,17,18). The van der Waals surface area contributed by atoms with E-state index in [0.29, 0.717) is 12.5 Å². The van der Waals surface area contributed by atoms with Crippen molar-refractivity contribution in [1.29, 1.82) is 0 Å². The molecule has 1 aliphatic carbocycles. The van der Waals surface area contributed by atoms with Crippen LogP contribution in [0.15, 0.2) is 6.07 Å². The van der Waals surface area contributed by atoms with E-state index < -0.39 is 0 Å². The maximum atomic E-state index is 9.32. The van der Waals surface area contributed by atoms with Crippen LogP contribution in [-0.4, -0.2) is 48.0 Å². The molecule has 3 N–H and O–H groups in total. The Hall–Kier alpha value is -1.40. The highest BCUT2D eigenvalue weighted by atomic mass is 16.5. The molecule has 1 fully saturated rings. The number of aliphatic hydroxyl groups is 1. The van der Waals surface area contributed by atoms with Crippen molar-refractivity contribution in [3.63, 3.8) is 0 Å². The van der Waals surface area contributed by atoms with E-state index in [-0.39, 0.29) is 12.6 Å². The van der Waals surface area contributed by atoms with Crippen LogP contribution in [0.1, 0.15) is 37.9 Å². The number of anilines is 2. The number of ether oxygens (including phenoxy) is 1. The molecule has 1 aromatic heterocycles. The van der Waals surface area contributed by atoms with Gasteiger partial charge >= 0.3 is 0 Å². The molecule has 1 aliphatic rings. The van der Waals surface area contributed by atoms with E-state index in [0.717, 1.165) is 43.3 Å². The molecule has 0 amide bonds. The Bertz CT molecular complexity index is 424. The molecule has 112 valence electrons. The summed E-state index contributed by atoms with van der Waals surface area (Å²) in [4.78, 5) is 9.10. The van der Waals surface area contributed by atoms with Crippen LogP contribution in [0.25, 0.3) is 0 Å². The third kappa shape index (κ3) is 4.31. The van der Waals surface area contributed by atoms with Crippen molar-refractivity contribution in [2.24, 2.45) is 0 Å². The van der Waals surface area contributed by atoms with Crippen LogP contribution >= 0.6 is 0 Å². The van der Waals surface area contributed by atoms with Crippen molar-refractivity contribution < 1.29 is 9.84 Å². The number of methoxy groups -OCH3 is 1. The number of aliphatic hydroxyl groups excluding tert-OH is 1. The van der Waals surface area contributed by atoms with Gasteiger partial charge in [0.25, 0.3) is 0 Å². The van der Waals surface area contributed by atoms with Crippen LogP contribution < -0.4 is 10.6 Å². The number of nitrogens with zero attached hydrogens (tertiary/aromatic N) is 2. The minimum absolute atomic E-state index is 0.00826. The molecule has 20 heavy (non-hydrogen) atoms. The highest BCUT2D eigenvalue weighted by molar-refractivity contribution is 5.48. The molecule has 1 saturated carbocycles. The first-order valence-electron chi connectivity index (χ1n) is 7.26. The van der Waals surface area contributed by atoms with E-state index in [1.54, 1.807) is 7.11 Å². The SMILES string of the molecule is CCCNc1cc(NC(CO)COC)nc(C2CC2)n1. The van der Waals surface area contributed by atoms with Gasteiger partial charge < -0.3 is 20.5 Å². The van der Waals surface area contributed by atoms with Gasteiger partial charge in [0.2, 0.25) is 0 Å². The molecule has 2 rings (SSSR count). The molecule has 6 heteroatoms. The van der Waals surface area contributed by atoms with Crippen molar-refractivity contribution >= 4 is 11.6 Å². The maximum Gasteiger partial charge on any atom is 0.136 e. The lowest BCUT2D eigenvalue weighted by molar-refractivity contribution is 0.153. The van der Waals surface area contributed by atoms with E-state index in [9.17, 15) is 5.11 Å². The van der Waals surface area contributed by atoms with Crippen molar-refractivity contribution in [1.82, 2.24) is 9.97 Å². The number of rotatable bonds is 9. The molecule has 6 nitrogen and oxygen atoms in total. The summed E-state index contributed by atoms with van der Waals surface area (Å²) in [5.41, 5.74) is 0. The second kappa shape index (κ2) is 7.40. The predicted octanol–water partition coefficient (Wildman–Crippen LogP) is 1.60. The van der Waals surface area contributed by atoms with Gasteiger partial charge in [-0.05, 0) is 19.3 Å². The number of hydrogen-bond acceptors (Lipinski definition) is 6. The predicted molar refractivity (Wildman–Crippen MR) is 79.2 cm³/mol. The smallest absolute Gasteiger partial charge is 0.136 e. The minimum atomic E-state index is -0.152. The molecular formula is C14H24N4O2. The Labute approximate surface area is 120 Å². The van der Waals surface area contributed by atoms with Gasteiger partial charge in [0.05, 0.1) is 19.3 Å². The van der Waals surface area contributed by atoms with Crippen molar-refractivity contribution in [3.8, 4) is 0 Å². The van der Waals surface area contributed by atoms with E-state index in [2.05, 4.69) is 27.5 Å². The zero-order valence-corrected chi connectivity index (χ0v) is 12.2. The van der Waals surface area contributed by atoms with Gasteiger partial charge in [0.15, 0.2) is 0 Å². The van der Waals surface area contributed by atoms with Crippen molar-refractivity contribution in [2.75, 3.05) is 37.5 Å². The molecule has 0 spiro atoms. The zero-order chi connectivity index (χ0) is 14.4. The fourth-order valence-electron chi connectivity index (χ4n) is 1.96. The Kier molecular flexibility index (Phi) is 5.55.